The molecule has 0 aliphatic carbocycles. The van der Waals surface area contributed by atoms with E-state index in [-0.39, 0.29) is 12.4 Å². The topological polar surface area (TPSA) is 170 Å². The number of nitriles is 1. The molecule has 0 aliphatic rings. The lowest BCUT2D eigenvalue weighted by Gasteiger charge is -2.09. The Balaban J connectivity index is 0.000000233. The van der Waals surface area contributed by atoms with Gasteiger partial charge in [0.15, 0.2) is 46.1 Å². The first-order valence-electron chi connectivity index (χ1n) is 12.4. The molecule has 0 saturated carbocycles. The summed E-state index contributed by atoms with van der Waals surface area (Å²) in [5.74, 6) is 5.07. The molecule has 0 fully saturated rings. The minimum Gasteiger partial charge on any atom is -0.508 e. The first kappa shape index (κ1) is 33.9. The van der Waals surface area contributed by atoms with Gasteiger partial charge >= 0.3 is 0 Å². The first-order chi connectivity index (χ1) is 20.8. The molecular formula is C29H34N4O9S. The van der Waals surface area contributed by atoms with E-state index >= 15 is 0 Å². The molecular weight excluding hydrogens is 580 g/mol. The molecule has 0 saturated heterocycles. The van der Waals surface area contributed by atoms with Gasteiger partial charge in [0, 0.05) is 18.2 Å². The zero-order valence-corrected chi connectivity index (χ0v) is 25.5. The summed E-state index contributed by atoms with van der Waals surface area (Å²) >= 11 is 1.30. The van der Waals surface area contributed by atoms with Crippen molar-refractivity contribution in [3.05, 3.63) is 59.6 Å². The van der Waals surface area contributed by atoms with Crippen molar-refractivity contribution in [3.63, 3.8) is 0 Å². The number of nitrogen functional groups attached to an aromatic ring is 1. The van der Waals surface area contributed by atoms with Crippen LogP contribution >= 0.6 is 11.3 Å². The lowest BCUT2D eigenvalue weighted by molar-refractivity contribution is 0.299. The fraction of sp³-hybridized carbons (Fsp3) is 0.276. The van der Waals surface area contributed by atoms with Crippen LogP contribution in [0.2, 0.25) is 0 Å². The SMILES string of the molecule is COc1ccc(O)cc1OC.COc1ccc(OCC#N)cc1OC.COc1ccc(OCc2nnc(N)s2)cc1OC. The monoisotopic (exact) mass is 614 g/mol. The van der Waals surface area contributed by atoms with E-state index in [0.717, 1.165) is 5.01 Å². The van der Waals surface area contributed by atoms with E-state index in [9.17, 15) is 0 Å². The second-order valence-electron chi connectivity index (χ2n) is 7.84. The fourth-order valence-electron chi connectivity index (χ4n) is 3.22. The van der Waals surface area contributed by atoms with Crippen LogP contribution in [0.1, 0.15) is 5.01 Å². The third-order valence-electron chi connectivity index (χ3n) is 5.23. The number of benzene rings is 3. The molecule has 0 spiro atoms. The molecule has 43 heavy (non-hydrogen) atoms. The van der Waals surface area contributed by atoms with Crippen molar-refractivity contribution in [3.8, 4) is 57.8 Å². The van der Waals surface area contributed by atoms with Crippen LogP contribution in [0.15, 0.2) is 54.6 Å². The summed E-state index contributed by atoms with van der Waals surface area (Å²) in [7, 11) is 9.35. The van der Waals surface area contributed by atoms with Crippen molar-refractivity contribution in [2.45, 2.75) is 6.61 Å². The number of methoxy groups -OCH3 is 6. The molecule has 13 nitrogen and oxygen atoms in total. The van der Waals surface area contributed by atoms with Crippen molar-refractivity contribution >= 4 is 16.5 Å². The minimum absolute atomic E-state index is 0.0233. The molecule has 0 amide bonds. The van der Waals surface area contributed by atoms with Crippen LogP contribution in [-0.2, 0) is 6.61 Å². The number of hydrogen-bond donors (Lipinski definition) is 2. The van der Waals surface area contributed by atoms with Crippen molar-refractivity contribution in [1.29, 1.82) is 5.26 Å². The summed E-state index contributed by atoms with van der Waals surface area (Å²) in [6.07, 6.45) is 0. The summed E-state index contributed by atoms with van der Waals surface area (Å²) in [5.41, 5.74) is 5.48. The van der Waals surface area contributed by atoms with E-state index in [4.69, 9.17) is 54.0 Å². The number of anilines is 1. The van der Waals surface area contributed by atoms with Crippen LogP contribution < -0.4 is 43.6 Å². The number of nitrogens with zero attached hydrogens (tertiary/aromatic N) is 3. The maximum atomic E-state index is 9.03. The van der Waals surface area contributed by atoms with Gasteiger partial charge in [0.05, 0.1) is 42.7 Å². The van der Waals surface area contributed by atoms with Crippen molar-refractivity contribution < 1.29 is 43.0 Å². The maximum Gasteiger partial charge on any atom is 0.203 e. The first-order valence-corrected chi connectivity index (χ1v) is 13.2. The van der Waals surface area contributed by atoms with Gasteiger partial charge in [0.2, 0.25) is 5.13 Å². The Morgan fingerprint density at radius 3 is 1.58 bits per heavy atom. The van der Waals surface area contributed by atoms with Gasteiger partial charge in [-0.1, -0.05) is 11.3 Å². The van der Waals surface area contributed by atoms with Gasteiger partial charge in [-0.15, -0.1) is 10.2 Å². The summed E-state index contributed by atoms with van der Waals surface area (Å²) < 4.78 is 41.0. The van der Waals surface area contributed by atoms with Gasteiger partial charge in [-0.05, 0) is 36.4 Å². The van der Waals surface area contributed by atoms with Crippen LogP contribution in [0, 0.1) is 11.3 Å². The lowest BCUT2D eigenvalue weighted by atomic mass is 10.3. The fourth-order valence-corrected chi connectivity index (χ4v) is 3.75. The van der Waals surface area contributed by atoms with Crippen molar-refractivity contribution in [2.24, 2.45) is 0 Å². The number of phenols is 1. The molecule has 0 aliphatic heterocycles. The third kappa shape index (κ3) is 10.9. The number of ether oxygens (including phenoxy) is 8. The van der Waals surface area contributed by atoms with Crippen molar-refractivity contribution in [2.75, 3.05) is 55.0 Å². The molecule has 0 atom stereocenters. The zero-order valence-electron chi connectivity index (χ0n) is 24.7. The highest BCUT2D eigenvalue weighted by Gasteiger charge is 2.07. The van der Waals surface area contributed by atoms with E-state index in [0.29, 0.717) is 57.7 Å². The second kappa shape index (κ2) is 18.2. The average Bonchev–Trinajstić information content (AvgIpc) is 3.47. The van der Waals surface area contributed by atoms with E-state index in [1.807, 2.05) is 6.07 Å². The molecule has 3 N–H and O–H groups in total. The molecule has 0 radical (unpaired) electrons. The van der Waals surface area contributed by atoms with Gasteiger partial charge in [-0.25, -0.2) is 0 Å². The Morgan fingerprint density at radius 2 is 1.14 bits per heavy atom. The molecule has 1 aromatic heterocycles. The Morgan fingerprint density at radius 1 is 0.674 bits per heavy atom. The van der Waals surface area contributed by atoms with Crippen LogP contribution in [0.3, 0.4) is 0 Å². The number of nitrogens with two attached hydrogens (primary N) is 1. The van der Waals surface area contributed by atoms with E-state index in [1.165, 1.54) is 24.5 Å². The largest absolute Gasteiger partial charge is 0.508 e. The quantitative estimate of drug-likeness (QED) is 0.238. The van der Waals surface area contributed by atoms with Gasteiger partial charge in [-0.3, -0.25) is 0 Å². The number of aromatic nitrogens is 2. The maximum absolute atomic E-state index is 9.03. The summed E-state index contributed by atoms with van der Waals surface area (Å²) in [4.78, 5) is 0. The molecule has 0 bridgehead atoms. The Hall–Kier alpha value is -5.29. The van der Waals surface area contributed by atoms with Gasteiger partial charge < -0.3 is 48.7 Å². The Bertz CT molecular complexity index is 1460. The number of aromatic hydroxyl groups is 1. The van der Waals surface area contributed by atoms with Gasteiger partial charge in [-0.2, -0.15) is 5.26 Å². The predicted molar refractivity (Wildman–Crippen MR) is 160 cm³/mol. The predicted octanol–water partition coefficient (Wildman–Crippen LogP) is 4.73. The zero-order chi connectivity index (χ0) is 31.6. The number of phenolic OH excluding ortho intramolecular Hbond substituents is 1. The third-order valence-corrected chi connectivity index (χ3v) is 5.95. The lowest BCUT2D eigenvalue weighted by Crippen LogP contribution is -1.96. The van der Waals surface area contributed by atoms with Crippen molar-refractivity contribution in [1.82, 2.24) is 10.2 Å². The summed E-state index contributed by atoms with van der Waals surface area (Å²) in [5, 5.41) is 26.1. The number of hydrogen-bond acceptors (Lipinski definition) is 14. The number of rotatable bonds is 11. The summed E-state index contributed by atoms with van der Waals surface area (Å²) in [6, 6.07) is 17.0. The van der Waals surface area contributed by atoms with E-state index < -0.39 is 0 Å². The van der Waals surface area contributed by atoms with Crippen LogP contribution in [0.4, 0.5) is 5.13 Å². The summed E-state index contributed by atoms with van der Waals surface area (Å²) in [6.45, 7) is 0.347. The Labute approximate surface area is 253 Å². The Kier molecular flexibility index (Phi) is 14.4. The molecule has 3 aromatic carbocycles. The molecule has 4 aromatic rings. The normalized spacial score (nSPS) is 9.51. The highest BCUT2D eigenvalue weighted by Crippen LogP contribution is 2.32. The second-order valence-corrected chi connectivity index (χ2v) is 8.94. The molecule has 1 heterocycles. The van der Waals surface area contributed by atoms with Gasteiger partial charge in [0.1, 0.15) is 29.9 Å². The minimum atomic E-state index is 0.0233. The highest BCUT2D eigenvalue weighted by atomic mass is 32.1. The van der Waals surface area contributed by atoms with E-state index in [1.54, 1.807) is 84.1 Å². The molecule has 4 rings (SSSR count). The average molecular weight is 615 g/mol. The molecule has 0 unspecified atom stereocenters. The van der Waals surface area contributed by atoms with Crippen LogP contribution in [-0.4, -0.2) is 64.6 Å². The van der Waals surface area contributed by atoms with Crippen LogP contribution in [0.5, 0.6) is 51.7 Å². The molecule has 14 heteroatoms. The van der Waals surface area contributed by atoms with Gasteiger partial charge in [0.25, 0.3) is 0 Å². The van der Waals surface area contributed by atoms with Crippen LogP contribution in [0.25, 0.3) is 0 Å². The van der Waals surface area contributed by atoms with E-state index in [2.05, 4.69) is 10.2 Å². The smallest absolute Gasteiger partial charge is 0.203 e. The standard InChI is InChI=1S/C11H13N3O3S.C10H11NO3.C8H10O3/c1-15-8-4-3-7(5-9(8)16-2)17-6-10-13-14-11(12)18-10;1-12-9-4-3-8(14-6-5-11)7-10(9)13-2;1-10-7-4-3-6(9)5-8(7)11-2/h3-5H,6H2,1-2H3,(H2,12,14);3-4,7H,6H2,1-2H3;3-5,9H,1-2H3. The highest BCUT2D eigenvalue weighted by molar-refractivity contribution is 7.15. The molecule has 230 valence electrons.